The second kappa shape index (κ2) is 8.08. The summed E-state index contributed by atoms with van der Waals surface area (Å²) >= 11 is 0. The van der Waals surface area contributed by atoms with E-state index in [0.29, 0.717) is 17.3 Å². The maximum Gasteiger partial charge on any atom is 0.274 e. The molecule has 0 bridgehead atoms. The van der Waals surface area contributed by atoms with Crippen LogP contribution in [0.25, 0.3) is 10.8 Å². The van der Waals surface area contributed by atoms with Crippen LogP contribution < -0.4 is 16.2 Å². The summed E-state index contributed by atoms with van der Waals surface area (Å²) in [5.41, 5.74) is 0.109. The number of hydrogen-bond donors (Lipinski definition) is 2. The zero-order chi connectivity index (χ0) is 16.3. The van der Waals surface area contributed by atoms with Crippen LogP contribution in [-0.4, -0.2) is 35.3 Å². The minimum Gasteiger partial charge on any atom is -0.349 e. The molecule has 1 heterocycles. The van der Waals surface area contributed by atoms with E-state index >= 15 is 0 Å². The van der Waals surface area contributed by atoms with Gasteiger partial charge in [0.25, 0.3) is 11.5 Å². The van der Waals surface area contributed by atoms with Crippen LogP contribution in [0.4, 0.5) is 0 Å². The van der Waals surface area contributed by atoms with Gasteiger partial charge in [0, 0.05) is 18.0 Å². The number of fused-ring (bicyclic) bond motifs is 1. The molecule has 0 radical (unpaired) electrons. The number of benzene rings is 1. The molecule has 0 aliphatic carbocycles. The van der Waals surface area contributed by atoms with Gasteiger partial charge in [0.15, 0.2) is 5.69 Å². The van der Waals surface area contributed by atoms with E-state index in [0.717, 1.165) is 0 Å². The van der Waals surface area contributed by atoms with Gasteiger partial charge in [0.05, 0.1) is 11.4 Å². The first-order chi connectivity index (χ1) is 10.5. The number of likely N-dealkylation sites (N-methyl/N-ethyl adjacent to an activating group) is 1. The number of amides is 1. The number of rotatable bonds is 5. The van der Waals surface area contributed by atoms with Crippen LogP contribution >= 0.6 is 12.4 Å². The lowest BCUT2D eigenvalue weighted by molar-refractivity contribution is 0.0944. The largest absolute Gasteiger partial charge is 0.349 e. The van der Waals surface area contributed by atoms with E-state index in [4.69, 9.17) is 0 Å². The number of carbonyl (C=O) groups is 1. The molecule has 1 unspecified atom stereocenters. The highest BCUT2D eigenvalue weighted by molar-refractivity contribution is 6.04. The molecular weight excluding hydrogens is 316 g/mol. The molecule has 0 saturated heterocycles. The molecule has 1 aromatic heterocycles. The van der Waals surface area contributed by atoms with Crippen LogP contribution in [-0.2, 0) is 0 Å². The van der Waals surface area contributed by atoms with Gasteiger partial charge in [-0.15, -0.1) is 12.4 Å². The number of aromatic nitrogens is 2. The summed E-state index contributed by atoms with van der Waals surface area (Å²) in [6, 6.07) is 7.12. The SMILES string of the molecule is CNC(C)CNC(=O)c1nn(C(C)C)c(=O)c2ccccc12.Cl. The molecule has 0 aliphatic heterocycles. The third kappa shape index (κ3) is 4.09. The van der Waals surface area contributed by atoms with Crippen molar-refractivity contribution in [3.05, 3.63) is 40.3 Å². The smallest absolute Gasteiger partial charge is 0.274 e. The first-order valence-electron chi connectivity index (χ1n) is 7.42. The second-order valence-corrected chi connectivity index (χ2v) is 5.64. The first kappa shape index (κ1) is 19.1. The predicted molar refractivity (Wildman–Crippen MR) is 94.5 cm³/mol. The standard InChI is InChI=1S/C16H22N4O2.ClH/c1-10(2)20-16(22)13-8-6-5-7-12(13)14(19-20)15(21)18-9-11(3)17-4;/h5-8,10-11,17H,9H2,1-4H3,(H,18,21);1H. The minimum atomic E-state index is -0.271. The molecule has 0 spiro atoms. The normalized spacial score (nSPS) is 12.0. The zero-order valence-electron chi connectivity index (χ0n) is 13.8. The summed E-state index contributed by atoms with van der Waals surface area (Å²) in [6.07, 6.45) is 0. The van der Waals surface area contributed by atoms with Crippen LogP contribution in [0.5, 0.6) is 0 Å². The van der Waals surface area contributed by atoms with Crippen LogP contribution in [0, 0.1) is 0 Å². The van der Waals surface area contributed by atoms with E-state index in [2.05, 4.69) is 15.7 Å². The van der Waals surface area contributed by atoms with Gasteiger partial charge in [-0.05, 0) is 33.9 Å². The van der Waals surface area contributed by atoms with Gasteiger partial charge in [-0.25, -0.2) is 4.68 Å². The third-order valence-corrected chi connectivity index (χ3v) is 3.59. The van der Waals surface area contributed by atoms with Gasteiger partial charge in [-0.1, -0.05) is 18.2 Å². The fourth-order valence-corrected chi connectivity index (χ4v) is 2.16. The van der Waals surface area contributed by atoms with Crippen molar-refractivity contribution in [3.63, 3.8) is 0 Å². The van der Waals surface area contributed by atoms with Gasteiger partial charge in [0.1, 0.15) is 0 Å². The van der Waals surface area contributed by atoms with Gasteiger partial charge in [-0.2, -0.15) is 5.10 Å². The van der Waals surface area contributed by atoms with Crippen molar-refractivity contribution >= 4 is 29.1 Å². The Bertz CT molecular complexity index is 742. The van der Waals surface area contributed by atoms with Gasteiger partial charge in [-0.3, -0.25) is 9.59 Å². The maximum absolute atomic E-state index is 12.4. The number of carbonyl (C=O) groups excluding carboxylic acids is 1. The summed E-state index contributed by atoms with van der Waals surface area (Å²) in [5, 5.41) is 11.3. The zero-order valence-corrected chi connectivity index (χ0v) is 14.6. The Morgan fingerprint density at radius 3 is 2.39 bits per heavy atom. The van der Waals surface area contributed by atoms with Crippen molar-refractivity contribution in [2.45, 2.75) is 32.9 Å². The van der Waals surface area contributed by atoms with Crippen molar-refractivity contribution in [2.24, 2.45) is 0 Å². The van der Waals surface area contributed by atoms with E-state index in [9.17, 15) is 9.59 Å². The maximum atomic E-state index is 12.4. The monoisotopic (exact) mass is 338 g/mol. The van der Waals surface area contributed by atoms with Crippen molar-refractivity contribution < 1.29 is 4.79 Å². The molecule has 23 heavy (non-hydrogen) atoms. The van der Waals surface area contributed by atoms with Crippen molar-refractivity contribution in [2.75, 3.05) is 13.6 Å². The Labute approximate surface area is 141 Å². The highest BCUT2D eigenvalue weighted by atomic mass is 35.5. The molecule has 2 N–H and O–H groups in total. The quantitative estimate of drug-likeness (QED) is 0.870. The van der Waals surface area contributed by atoms with Crippen molar-refractivity contribution in [1.29, 1.82) is 0 Å². The first-order valence-corrected chi connectivity index (χ1v) is 7.42. The van der Waals surface area contributed by atoms with Crippen LogP contribution in [0.1, 0.15) is 37.3 Å². The van der Waals surface area contributed by atoms with E-state index in [-0.39, 0.29) is 41.7 Å². The molecule has 0 aliphatic rings. The molecule has 1 atom stereocenters. The Kier molecular flexibility index (Phi) is 6.72. The van der Waals surface area contributed by atoms with Crippen molar-refractivity contribution in [3.8, 4) is 0 Å². The summed E-state index contributed by atoms with van der Waals surface area (Å²) in [4.78, 5) is 24.9. The van der Waals surface area contributed by atoms with Gasteiger partial charge in [0.2, 0.25) is 0 Å². The highest BCUT2D eigenvalue weighted by Gasteiger charge is 2.17. The third-order valence-electron chi connectivity index (χ3n) is 3.59. The van der Waals surface area contributed by atoms with Gasteiger partial charge < -0.3 is 10.6 Å². The van der Waals surface area contributed by atoms with Crippen LogP contribution in [0.3, 0.4) is 0 Å². The fourth-order valence-electron chi connectivity index (χ4n) is 2.16. The molecule has 1 aromatic carbocycles. The molecule has 0 saturated carbocycles. The van der Waals surface area contributed by atoms with Gasteiger partial charge >= 0.3 is 0 Å². The number of nitrogens with one attached hydrogen (secondary N) is 2. The lowest BCUT2D eigenvalue weighted by atomic mass is 10.1. The molecule has 2 rings (SSSR count). The van der Waals surface area contributed by atoms with E-state index in [1.54, 1.807) is 24.3 Å². The minimum absolute atomic E-state index is 0. The van der Waals surface area contributed by atoms with E-state index in [1.165, 1.54) is 4.68 Å². The number of hydrogen-bond acceptors (Lipinski definition) is 4. The Hall–Kier alpha value is -1.92. The molecule has 2 aromatic rings. The predicted octanol–water partition coefficient (Wildman–Crippen LogP) is 1.74. The van der Waals surface area contributed by atoms with Crippen molar-refractivity contribution in [1.82, 2.24) is 20.4 Å². The summed E-state index contributed by atoms with van der Waals surface area (Å²) in [5.74, 6) is -0.271. The lowest BCUT2D eigenvalue weighted by Gasteiger charge is -2.15. The Balaban J connectivity index is 0.00000264. The lowest BCUT2D eigenvalue weighted by Crippen LogP contribution is -2.38. The van der Waals surface area contributed by atoms with Crippen LogP contribution in [0.2, 0.25) is 0 Å². The summed E-state index contributed by atoms with van der Waals surface area (Å²) in [6.45, 7) is 6.20. The molecule has 7 heteroatoms. The second-order valence-electron chi connectivity index (χ2n) is 5.64. The molecular formula is C16H23ClN4O2. The highest BCUT2D eigenvalue weighted by Crippen LogP contribution is 2.14. The number of nitrogens with zero attached hydrogens (tertiary/aromatic N) is 2. The molecule has 0 fully saturated rings. The summed E-state index contributed by atoms with van der Waals surface area (Å²) < 4.78 is 1.36. The average molecular weight is 339 g/mol. The fraction of sp³-hybridized carbons (Fsp3) is 0.438. The Morgan fingerprint density at radius 2 is 1.83 bits per heavy atom. The summed E-state index contributed by atoms with van der Waals surface area (Å²) in [7, 11) is 1.84. The topological polar surface area (TPSA) is 76.0 Å². The molecule has 1 amide bonds. The van der Waals surface area contributed by atoms with E-state index < -0.39 is 0 Å². The number of halogens is 1. The molecule has 126 valence electrons. The molecule has 6 nitrogen and oxygen atoms in total. The van der Waals surface area contributed by atoms with E-state index in [1.807, 2.05) is 27.8 Å². The van der Waals surface area contributed by atoms with Crippen LogP contribution in [0.15, 0.2) is 29.1 Å². The average Bonchev–Trinajstić information content (AvgIpc) is 2.52. The Morgan fingerprint density at radius 1 is 1.22 bits per heavy atom.